The number of aryl methyl sites for hydroxylation is 1. The van der Waals surface area contributed by atoms with E-state index in [1.54, 1.807) is 25.3 Å². The molecule has 2 rings (SSSR count). The molecule has 3 N–H and O–H groups in total. The number of carbonyl (C=O) groups is 2. The molecule has 2 amide bonds. The molecule has 1 aromatic rings. The van der Waals surface area contributed by atoms with E-state index in [-0.39, 0.29) is 0 Å². The molecule has 1 aliphatic rings. The Labute approximate surface area is 117 Å². The number of amides is 2. The molecule has 0 saturated heterocycles. The van der Waals surface area contributed by atoms with Crippen LogP contribution in [0.5, 0.6) is 0 Å². The molecule has 20 heavy (non-hydrogen) atoms. The second kappa shape index (κ2) is 5.90. The number of urea groups is 1. The quantitative estimate of drug-likeness (QED) is 0.790. The maximum absolute atomic E-state index is 12.0. The first-order valence-electron chi connectivity index (χ1n) is 6.78. The van der Waals surface area contributed by atoms with Gasteiger partial charge in [-0.25, -0.2) is 9.59 Å². The molecule has 0 bridgehead atoms. The van der Waals surface area contributed by atoms with Gasteiger partial charge in [0.05, 0.1) is 11.4 Å². The molecule has 1 aliphatic carbocycles. The SMILES string of the molecule is Cc1ncccc1NC(=O)NC1(C(=O)O)CCCCC1. The molecule has 0 unspecified atom stereocenters. The van der Waals surface area contributed by atoms with Gasteiger partial charge in [0.15, 0.2) is 0 Å². The van der Waals surface area contributed by atoms with Crippen molar-refractivity contribution in [3.63, 3.8) is 0 Å². The van der Waals surface area contributed by atoms with E-state index in [0.29, 0.717) is 24.2 Å². The first kappa shape index (κ1) is 14.3. The van der Waals surface area contributed by atoms with Crippen molar-refractivity contribution >= 4 is 17.7 Å². The van der Waals surface area contributed by atoms with Gasteiger partial charge in [-0.05, 0) is 31.9 Å². The Morgan fingerprint density at radius 3 is 2.60 bits per heavy atom. The van der Waals surface area contributed by atoms with Gasteiger partial charge in [-0.15, -0.1) is 0 Å². The van der Waals surface area contributed by atoms with Crippen LogP contribution in [0, 0.1) is 6.92 Å². The number of anilines is 1. The van der Waals surface area contributed by atoms with Crippen LogP contribution in [0.2, 0.25) is 0 Å². The molecule has 108 valence electrons. The zero-order valence-electron chi connectivity index (χ0n) is 11.5. The van der Waals surface area contributed by atoms with Gasteiger partial charge in [0, 0.05) is 6.20 Å². The minimum atomic E-state index is -1.14. The van der Waals surface area contributed by atoms with Crippen molar-refractivity contribution in [3.05, 3.63) is 24.0 Å². The lowest BCUT2D eigenvalue weighted by atomic mass is 9.82. The zero-order chi connectivity index (χ0) is 14.6. The van der Waals surface area contributed by atoms with Gasteiger partial charge >= 0.3 is 12.0 Å². The highest BCUT2D eigenvalue weighted by Gasteiger charge is 2.41. The minimum absolute atomic E-state index is 0.474. The third kappa shape index (κ3) is 3.07. The van der Waals surface area contributed by atoms with Crippen molar-refractivity contribution in [1.82, 2.24) is 10.3 Å². The summed E-state index contributed by atoms with van der Waals surface area (Å²) in [6, 6.07) is 2.96. The molecule has 0 atom stereocenters. The molecule has 1 aromatic heterocycles. The highest BCUT2D eigenvalue weighted by molar-refractivity contribution is 5.94. The van der Waals surface area contributed by atoms with Crippen LogP contribution in [0.1, 0.15) is 37.8 Å². The fourth-order valence-corrected chi connectivity index (χ4v) is 2.53. The number of hydrogen-bond acceptors (Lipinski definition) is 3. The molecule has 0 aliphatic heterocycles. The number of pyridine rings is 1. The van der Waals surface area contributed by atoms with Crippen LogP contribution < -0.4 is 10.6 Å². The Morgan fingerprint density at radius 1 is 1.30 bits per heavy atom. The Balaban J connectivity index is 2.06. The molecule has 6 heteroatoms. The van der Waals surface area contributed by atoms with Crippen molar-refractivity contribution < 1.29 is 14.7 Å². The first-order chi connectivity index (χ1) is 9.53. The lowest BCUT2D eigenvalue weighted by molar-refractivity contribution is -0.145. The Morgan fingerprint density at radius 2 is 2.00 bits per heavy atom. The van der Waals surface area contributed by atoms with Gasteiger partial charge in [-0.3, -0.25) is 4.98 Å². The van der Waals surface area contributed by atoms with E-state index in [1.165, 1.54) is 0 Å². The van der Waals surface area contributed by atoms with Crippen LogP contribution >= 0.6 is 0 Å². The number of nitrogens with zero attached hydrogens (tertiary/aromatic N) is 1. The van der Waals surface area contributed by atoms with Crippen molar-refractivity contribution in [2.24, 2.45) is 0 Å². The maximum Gasteiger partial charge on any atom is 0.329 e. The van der Waals surface area contributed by atoms with Gasteiger partial charge < -0.3 is 15.7 Å². The van der Waals surface area contributed by atoms with E-state index >= 15 is 0 Å². The van der Waals surface area contributed by atoms with Gasteiger partial charge in [0.2, 0.25) is 0 Å². The monoisotopic (exact) mass is 277 g/mol. The lowest BCUT2D eigenvalue weighted by Gasteiger charge is -2.33. The van der Waals surface area contributed by atoms with E-state index in [9.17, 15) is 14.7 Å². The van der Waals surface area contributed by atoms with Gasteiger partial charge in [0.1, 0.15) is 5.54 Å². The van der Waals surface area contributed by atoms with Gasteiger partial charge in [-0.2, -0.15) is 0 Å². The predicted octanol–water partition coefficient (Wildman–Crippen LogP) is 2.30. The molecule has 0 spiro atoms. The number of carbonyl (C=O) groups excluding carboxylic acids is 1. The summed E-state index contributed by atoms with van der Waals surface area (Å²) < 4.78 is 0. The number of carboxylic acids is 1. The van der Waals surface area contributed by atoms with Crippen LogP contribution in [-0.2, 0) is 4.79 Å². The molecule has 0 aromatic carbocycles. The van der Waals surface area contributed by atoms with Crippen molar-refractivity contribution in [2.75, 3.05) is 5.32 Å². The minimum Gasteiger partial charge on any atom is -0.480 e. The van der Waals surface area contributed by atoms with E-state index in [2.05, 4.69) is 15.6 Å². The molecule has 1 saturated carbocycles. The Kier molecular flexibility index (Phi) is 4.22. The highest BCUT2D eigenvalue weighted by atomic mass is 16.4. The number of aromatic nitrogens is 1. The van der Waals surface area contributed by atoms with E-state index in [1.807, 2.05) is 0 Å². The predicted molar refractivity (Wildman–Crippen MR) is 74.6 cm³/mol. The van der Waals surface area contributed by atoms with E-state index in [4.69, 9.17) is 0 Å². The maximum atomic E-state index is 12.0. The summed E-state index contributed by atoms with van der Waals surface area (Å²) in [4.78, 5) is 27.6. The van der Waals surface area contributed by atoms with E-state index < -0.39 is 17.5 Å². The molecule has 0 radical (unpaired) electrons. The topological polar surface area (TPSA) is 91.3 Å². The highest BCUT2D eigenvalue weighted by Crippen LogP contribution is 2.28. The summed E-state index contributed by atoms with van der Waals surface area (Å²) in [5.41, 5.74) is 0.135. The first-order valence-corrected chi connectivity index (χ1v) is 6.78. The fourth-order valence-electron chi connectivity index (χ4n) is 2.53. The molecule has 6 nitrogen and oxygen atoms in total. The smallest absolute Gasteiger partial charge is 0.329 e. The van der Waals surface area contributed by atoms with Gasteiger partial charge in [0.25, 0.3) is 0 Å². The Hall–Kier alpha value is -2.11. The summed E-state index contributed by atoms with van der Waals surface area (Å²) in [5.74, 6) is -0.963. The summed E-state index contributed by atoms with van der Waals surface area (Å²) in [7, 11) is 0. The average Bonchev–Trinajstić information content (AvgIpc) is 2.42. The third-order valence-corrected chi connectivity index (χ3v) is 3.72. The van der Waals surface area contributed by atoms with Crippen LogP contribution in [0.25, 0.3) is 0 Å². The largest absolute Gasteiger partial charge is 0.480 e. The third-order valence-electron chi connectivity index (χ3n) is 3.72. The summed E-state index contributed by atoms with van der Waals surface area (Å²) in [6.45, 7) is 1.78. The fraction of sp³-hybridized carbons (Fsp3) is 0.500. The molecular formula is C14H19N3O3. The second-order valence-electron chi connectivity index (χ2n) is 5.16. The lowest BCUT2D eigenvalue weighted by Crippen LogP contribution is -2.56. The van der Waals surface area contributed by atoms with Gasteiger partial charge in [-0.1, -0.05) is 19.3 Å². The number of nitrogens with one attached hydrogen (secondary N) is 2. The van der Waals surface area contributed by atoms with E-state index in [0.717, 1.165) is 19.3 Å². The second-order valence-corrected chi connectivity index (χ2v) is 5.16. The summed E-state index contributed by atoms with van der Waals surface area (Å²) in [6.07, 6.45) is 5.24. The molecule has 1 heterocycles. The molecule has 1 fully saturated rings. The summed E-state index contributed by atoms with van der Waals surface area (Å²) >= 11 is 0. The van der Waals surface area contributed by atoms with Crippen LogP contribution in [0.3, 0.4) is 0 Å². The number of aliphatic carboxylic acids is 1. The van der Waals surface area contributed by atoms with Crippen molar-refractivity contribution in [2.45, 2.75) is 44.6 Å². The standard InChI is InChI=1S/C14H19N3O3/c1-10-11(6-5-9-15-10)16-13(20)17-14(12(18)19)7-3-2-4-8-14/h5-6,9H,2-4,7-8H2,1H3,(H,18,19)(H2,16,17,20). The average molecular weight is 277 g/mol. The zero-order valence-corrected chi connectivity index (χ0v) is 11.5. The number of carboxylic acid groups (broad SMARTS) is 1. The van der Waals surface area contributed by atoms with Crippen LogP contribution in [-0.4, -0.2) is 27.6 Å². The normalized spacial score (nSPS) is 17.2. The summed E-state index contributed by atoms with van der Waals surface area (Å²) in [5, 5.41) is 14.7. The van der Waals surface area contributed by atoms with Crippen LogP contribution in [0.15, 0.2) is 18.3 Å². The van der Waals surface area contributed by atoms with Crippen molar-refractivity contribution in [1.29, 1.82) is 0 Å². The number of hydrogen-bond donors (Lipinski definition) is 3. The Bertz CT molecular complexity index is 510. The number of rotatable bonds is 3. The molecular weight excluding hydrogens is 258 g/mol. The van der Waals surface area contributed by atoms with Crippen molar-refractivity contribution in [3.8, 4) is 0 Å². The van der Waals surface area contributed by atoms with Crippen LogP contribution in [0.4, 0.5) is 10.5 Å².